The lowest BCUT2D eigenvalue weighted by Crippen LogP contribution is -2.41. The molecular formula is C29H35N5O6. The molecule has 0 fully saturated rings. The van der Waals surface area contributed by atoms with Gasteiger partial charge in [-0.05, 0) is 54.8 Å². The van der Waals surface area contributed by atoms with E-state index in [1.54, 1.807) is 18.2 Å². The number of nitrogens with one attached hydrogen (secondary N) is 5. The number of aromatic amines is 1. The summed E-state index contributed by atoms with van der Waals surface area (Å²) in [7, 11) is 1.50. The second kappa shape index (κ2) is 13.9. The maximum atomic E-state index is 12.6. The molecule has 0 saturated heterocycles. The standard InChI is InChI=1S/C29H35N5O6/c1-17-7-5-6-8-24(17)33-29(39)34-25-10-9-20(12-27(25)40-4)11-23(36)16-30-15-21-13-22(31-18(21)2)14-26(28(37)38)32-19(3)35/h5-10,12-13,26,30-31H,11,14-16H2,1-4H3,(H,32,35)(H,37,38)(H2,33,34,39). The van der Waals surface area contributed by atoms with Crippen molar-refractivity contribution in [3.8, 4) is 5.75 Å². The number of para-hydroxylation sites is 1. The number of benzene rings is 2. The molecule has 1 heterocycles. The van der Waals surface area contributed by atoms with Crippen LogP contribution in [0.2, 0.25) is 0 Å². The van der Waals surface area contributed by atoms with E-state index in [-0.39, 0.29) is 25.2 Å². The van der Waals surface area contributed by atoms with Gasteiger partial charge in [-0.2, -0.15) is 0 Å². The first-order chi connectivity index (χ1) is 19.0. The van der Waals surface area contributed by atoms with Crippen LogP contribution in [0.25, 0.3) is 0 Å². The van der Waals surface area contributed by atoms with Crippen LogP contribution >= 0.6 is 0 Å². The first-order valence-corrected chi connectivity index (χ1v) is 12.8. The number of carboxylic acids is 1. The summed E-state index contributed by atoms with van der Waals surface area (Å²) in [6.07, 6.45) is 0.294. The van der Waals surface area contributed by atoms with Crippen LogP contribution in [0.5, 0.6) is 5.75 Å². The molecule has 3 aromatic rings. The van der Waals surface area contributed by atoms with Gasteiger partial charge in [-0.25, -0.2) is 9.59 Å². The summed E-state index contributed by atoms with van der Waals surface area (Å²) in [5, 5.41) is 20.5. The number of carboxylic acid groups (broad SMARTS) is 1. The summed E-state index contributed by atoms with van der Waals surface area (Å²) in [4.78, 5) is 50.9. The van der Waals surface area contributed by atoms with Gasteiger partial charge in [0, 0.05) is 43.4 Å². The van der Waals surface area contributed by atoms with Crippen molar-refractivity contribution in [1.29, 1.82) is 0 Å². The molecule has 0 bridgehead atoms. The monoisotopic (exact) mass is 549 g/mol. The first-order valence-electron chi connectivity index (χ1n) is 12.8. The van der Waals surface area contributed by atoms with Crippen molar-refractivity contribution in [1.82, 2.24) is 15.6 Å². The van der Waals surface area contributed by atoms with Gasteiger partial charge in [0.25, 0.3) is 0 Å². The average molecular weight is 550 g/mol. The highest BCUT2D eigenvalue weighted by Gasteiger charge is 2.20. The zero-order valence-electron chi connectivity index (χ0n) is 23.0. The lowest BCUT2D eigenvalue weighted by molar-refractivity contribution is -0.141. The van der Waals surface area contributed by atoms with Crippen LogP contribution in [0.3, 0.4) is 0 Å². The third-order valence-corrected chi connectivity index (χ3v) is 6.22. The van der Waals surface area contributed by atoms with Gasteiger partial charge < -0.3 is 36.1 Å². The number of carbonyl (C=O) groups is 4. The first kappa shape index (κ1) is 29.9. The molecule has 1 unspecified atom stereocenters. The Morgan fingerprint density at radius 1 is 1.00 bits per heavy atom. The number of rotatable bonds is 13. The molecule has 6 N–H and O–H groups in total. The van der Waals surface area contributed by atoms with Gasteiger partial charge in [0.2, 0.25) is 5.91 Å². The summed E-state index contributed by atoms with van der Waals surface area (Å²) in [6, 6.07) is 13.0. The number of ether oxygens (including phenoxy) is 1. The Hall–Kier alpha value is -4.64. The van der Waals surface area contributed by atoms with Crippen molar-refractivity contribution in [2.75, 3.05) is 24.3 Å². The number of urea groups is 1. The molecule has 11 heteroatoms. The predicted molar refractivity (Wildman–Crippen MR) is 152 cm³/mol. The van der Waals surface area contributed by atoms with Gasteiger partial charge in [0.1, 0.15) is 11.8 Å². The maximum Gasteiger partial charge on any atom is 0.326 e. The number of aryl methyl sites for hydroxylation is 2. The van der Waals surface area contributed by atoms with Gasteiger partial charge in [-0.3, -0.25) is 9.59 Å². The summed E-state index contributed by atoms with van der Waals surface area (Å²) in [5.41, 5.74) is 5.28. The molecule has 11 nitrogen and oxygen atoms in total. The molecule has 0 spiro atoms. The number of carbonyl (C=O) groups excluding carboxylic acids is 3. The highest BCUT2D eigenvalue weighted by atomic mass is 16.5. The summed E-state index contributed by atoms with van der Waals surface area (Å²) in [6.45, 7) is 5.58. The Bertz CT molecular complexity index is 1380. The SMILES string of the molecule is COc1cc(CC(=O)CNCc2cc(CC(NC(C)=O)C(=O)O)[nH]c2C)ccc1NC(=O)Nc1ccccc1C. The van der Waals surface area contributed by atoms with E-state index in [0.29, 0.717) is 29.4 Å². The van der Waals surface area contributed by atoms with E-state index in [4.69, 9.17) is 4.74 Å². The minimum atomic E-state index is -1.11. The van der Waals surface area contributed by atoms with E-state index in [2.05, 4.69) is 26.3 Å². The van der Waals surface area contributed by atoms with Crippen molar-refractivity contribution in [3.63, 3.8) is 0 Å². The third kappa shape index (κ3) is 8.70. The van der Waals surface area contributed by atoms with Crippen molar-refractivity contribution < 1.29 is 29.0 Å². The number of ketones is 1. The molecule has 0 saturated carbocycles. The van der Waals surface area contributed by atoms with Crippen LogP contribution in [0.4, 0.5) is 16.2 Å². The van der Waals surface area contributed by atoms with Crippen molar-refractivity contribution in [2.45, 2.75) is 46.2 Å². The number of anilines is 2. The molecule has 40 heavy (non-hydrogen) atoms. The van der Waals surface area contributed by atoms with E-state index in [1.165, 1.54) is 14.0 Å². The number of aromatic nitrogens is 1. The normalized spacial score (nSPS) is 11.4. The molecule has 0 aliphatic rings. The number of amides is 3. The molecule has 0 radical (unpaired) electrons. The van der Waals surface area contributed by atoms with Gasteiger partial charge in [-0.1, -0.05) is 24.3 Å². The van der Waals surface area contributed by atoms with Gasteiger partial charge in [-0.15, -0.1) is 0 Å². The minimum absolute atomic E-state index is 0.0370. The fourth-order valence-electron chi connectivity index (χ4n) is 4.20. The minimum Gasteiger partial charge on any atom is -0.495 e. The third-order valence-electron chi connectivity index (χ3n) is 6.22. The van der Waals surface area contributed by atoms with Crippen LogP contribution in [-0.2, 0) is 33.8 Å². The maximum absolute atomic E-state index is 12.6. The van der Waals surface area contributed by atoms with Crippen LogP contribution in [0, 0.1) is 13.8 Å². The van der Waals surface area contributed by atoms with E-state index in [9.17, 15) is 24.3 Å². The zero-order valence-corrected chi connectivity index (χ0v) is 23.0. The number of H-pyrrole nitrogens is 1. The largest absolute Gasteiger partial charge is 0.495 e. The number of aliphatic carboxylic acids is 1. The van der Waals surface area contributed by atoms with E-state index in [1.807, 2.05) is 44.2 Å². The Balaban J connectivity index is 1.51. The van der Waals surface area contributed by atoms with Crippen molar-refractivity contribution in [2.24, 2.45) is 0 Å². The number of Topliss-reactive ketones (excluding diaryl/α,β-unsaturated/α-hetero) is 1. The fourth-order valence-corrected chi connectivity index (χ4v) is 4.20. The van der Waals surface area contributed by atoms with E-state index in [0.717, 1.165) is 22.4 Å². The second-order valence-corrected chi connectivity index (χ2v) is 9.49. The number of hydrogen-bond acceptors (Lipinski definition) is 6. The van der Waals surface area contributed by atoms with E-state index >= 15 is 0 Å². The lowest BCUT2D eigenvalue weighted by atomic mass is 10.1. The Kier molecular flexibility index (Phi) is 10.4. The zero-order chi connectivity index (χ0) is 29.2. The lowest BCUT2D eigenvalue weighted by Gasteiger charge is -2.13. The highest BCUT2D eigenvalue weighted by Crippen LogP contribution is 2.26. The number of methoxy groups -OCH3 is 1. The van der Waals surface area contributed by atoms with Crippen LogP contribution in [-0.4, -0.2) is 53.5 Å². The van der Waals surface area contributed by atoms with Crippen LogP contribution in [0.15, 0.2) is 48.5 Å². The average Bonchev–Trinajstić information content (AvgIpc) is 3.24. The quantitative estimate of drug-likeness (QED) is 0.191. The summed E-state index contributed by atoms with van der Waals surface area (Å²) < 4.78 is 5.43. The molecule has 3 rings (SSSR count). The molecule has 212 valence electrons. The summed E-state index contributed by atoms with van der Waals surface area (Å²) in [5.74, 6) is -1.13. The molecule has 1 aromatic heterocycles. The van der Waals surface area contributed by atoms with Crippen molar-refractivity contribution >= 4 is 35.1 Å². The molecule has 1 atom stereocenters. The van der Waals surface area contributed by atoms with Gasteiger partial charge in [0.15, 0.2) is 5.78 Å². The van der Waals surface area contributed by atoms with Gasteiger partial charge >= 0.3 is 12.0 Å². The predicted octanol–water partition coefficient (Wildman–Crippen LogP) is 3.32. The van der Waals surface area contributed by atoms with E-state index < -0.39 is 23.9 Å². The Morgan fingerprint density at radius 3 is 2.40 bits per heavy atom. The Morgan fingerprint density at radius 2 is 1.73 bits per heavy atom. The van der Waals surface area contributed by atoms with Crippen molar-refractivity contribution in [3.05, 3.63) is 76.6 Å². The summed E-state index contributed by atoms with van der Waals surface area (Å²) >= 11 is 0. The highest BCUT2D eigenvalue weighted by molar-refractivity contribution is 6.01. The second-order valence-electron chi connectivity index (χ2n) is 9.49. The number of hydrogen-bond donors (Lipinski definition) is 6. The molecule has 0 aliphatic carbocycles. The fraction of sp³-hybridized carbons (Fsp3) is 0.310. The van der Waals surface area contributed by atoms with Crippen LogP contribution < -0.4 is 26.0 Å². The molecule has 0 aliphatic heterocycles. The molecule has 3 amide bonds. The molecular weight excluding hydrogens is 514 g/mol. The molecule has 2 aromatic carbocycles. The topological polar surface area (TPSA) is 162 Å². The smallest absolute Gasteiger partial charge is 0.326 e. The van der Waals surface area contributed by atoms with Crippen LogP contribution in [0.1, 0.15) is 35.0 Å². The van der Waals surface area contributed by atoms with Gasteiger partial charge in [0.05, 0.1) is 19.3 Å². The Labute approximate surface area is 232 Å².